The summed E-state index contributed by atoms with van der Waals surface area (Å²) in [5.74, 6) is 0.558. The van der Waals surface area contributed by atoms with E-state index in [1.165, 1.54) is 0 Å². The van der Waals surface area contributed by atoms with Crippen LogP contribution in [0, 0.1) is 10.5 Å². The van der Waals surface area contributed by atoms with Crippen LogP contribution in [0.2, 0.25) is 5.02 Å². The molecule has 0 bridgehead atoms. The molecule has 0 aliphatic rings. The molecule has 1 heterocycles. The van der Waals surface area contributed by atoms with Gasteiger partial charge in [-0.25, -0.2) is 4.98 Å². The van der Waals surface area contributed by atoms with Crippen molar-refractivity contribution in [3.63, 3.8) is 0 Å². The Hall–Kier alpha value is -0.140. The molecule has 78 valence electrons. The van der Waals surface area contributed by atoms with Crippen molar-refractivity contribution in [3.05, 3.63) is 35.3 Å². The lowest BCUT2D eigenvalue weighted by atomic mass is 10.2. The van der Waals surface area contributed by atoms with Crippen molar-refractivity contribution in [2.24, 2.45) is 0 Å². The van der Waals surface area contributed by atoms with E-state index in [2.05, 4.69) is 48.5 Å². The van der Waals surface area contributed by atoms with E-state index in [1.54, 1.807) is 13.0 Å². The molecular formula is C9H5BrClIN2O. The molecule has 0 saturated carbocycles. The highest BCUT2D eigenvalue weighted by molar-refractivity contribution is 14.1. The SMILES string of the molecule is Cc1nc2c(Cl)c(Br)c(I)cc2c(=O)[nH]1. The van der Waals surface area contributed by atoms with Crippen molar-refractivity contribution >= 4 is 61.0 Å². The predicted octanol–water partition coefficient (Wildman–Crippen LogP) is 3.25. The molecule has 2 aromatic rings. The number of nitrogens with zero attached hydrogens (tertiary/aromatic N) is 1. The van der Waals surface area contributed by atoms with Gasteiger partial charge in [-0.2, -0.15) is 0 Å². The maximum Gasteiger partial charge on any atom is 0.258 e. The van der Waals surface area contributed by atoms with Gasteiger partial charge in [0.2, 0.25) is 0 Å². The first-order valence-electron chi connectivity index (χ1n) is 4.05. The normalized spacial score (nSPS) is 10.9. The molecule has 0 saturated heterocycles. The van der Waals surface area contributed by atoms with Gasteiger partial charge in [-0.1, -0.05) is 11.6 Å². The third-order valence-electron chi connectivity index (χ3n) is 1.96. The van der Waals surface area contributed by atoms with Crippen molar-refractivity contribution < 1.29 is 0 Å². The van der Waals surface area contributed by atoms with Gasteiger partial charge in [0, 0.05) is 3.57 Å². The number of hydrogen-bond acceptors (Lipinski definition) is 2. The first kappa shape index (κ1) is 11.3. The topological polar surface area (TPSA) is 45.8 Å². The maximum absolute atomic E-state index is 11.6. The summed E-state index contributed by atoms with van der Waals surface area (Å²) in [5.41, 5.74) is 0.370. The molecule has 3 nitrogen and oxygen atoms in total. The van der Waals surface area contributed by atoms with Crippen LogP contribution in [0.15, 0.2) is 15.3 Å². The second-order valence-electron chi connectivity index (χ2n) is 3.03. The standard InChI is InChI=1S/C9H5BrClIN2O/c1-3-13-8-4(9(15)14-3)2-5(12)6(10)7(8)11/h2H,1H3,(H,13,14,15). The Morgan fingerprint density at radius 3 is 2.93 bits per heavy atom. The molecule has 0 aliphatic heterocycles. The monoisotopic (exact) mass is 398 g/mol. The van der Waals surface area contributed by atoms with Gasteiger partial charge in [0.15, 0.2) is 0 Å². The highest BCUT2D eigenvalue weighted by Crippen LogP contribution is 2.32. The zero-order valence-electron chi connectivity index (χ0n) is 7.57. The Morgan fingerprint density at radius 1 is 1.60 bits per heavy atom. The lowest BCUT2D eigenvalue weighted by Gasteiger charge is -2.04. The van der Waals surface area contributed by atoms with Crippen molar-refractivity contribution in [1.29, 1.82) is 0 Å². The molecule has 6 heteroatoms. The molecule has 1 N–H and O–H groups in total. The third-order valence-corrected chi connectivity index (χ3v) is 4.97. The van der Waals surface area contributed by atoms with Gasteiger partial charge in [-0.3, -0.25) is 4.79 Å². The molecule has 0 spiro atoms. The van der Waals surface area contributed by atoms with Gasteiger partial charge in [-0.15, -0.1) is 0 Å². The quantitative estimate of drug-likeness (QED) is 0.546. The molecule has 0 radical (unpaired) electrons. The Morgan fingerprint density at radius 2 is 2.27 bits per heavy atom. The van der Waals surface area contributed by atoms with Crippen LogP contribution in [-0.2, 0) is 0 Å². The van der Waals surface area contributed by atoms with Gasteiger partial charge in [0.05, 0.1) is 20.4 Å². The lowest BCUT2D eigenvalue weighted by molar-refractivity contribution is 1.06. The molecule has 0 amide bonds. The number of H-pyrrole nitrogens is 1. The van der Waals surface area contributed by atoms with Crippen LogP contribution in [0.25, 0.3) is 10.9 Å². The largest absolute Gasteiger partial charge is 0.310 e. The molecule has 1 aromatic heterocycles. The summed E-state index contributed by atoms with van der Waals surface area (Å²) < 4.78 is 1.66. The summed E-state index contributed by atoms with van der Waals surface area (Å²) in [6.07, 6.45) is 0. The van der Waals surface area contributed by atoms with E-state index in [0.29, 0.717) is 21.7 Å². The van der Waals surface area contributed by atoms with Gasteiger partial charge >= 0.3 is 0 Å². The zero-order chi connectivity index (χ0) is 11.2. The van der Waals surface area contributed by atoms with Crippen molar-refractivity contribution in [3.8, 4) is 0 Å². The van der Waals surface area contributed by atoms with E-state index in [4.69, 9.17) is 11.6 Å². The third kappa shape index (κ3) is 1.92. The fraction of sp³-hybridized carbons (Fsp3) is 0.111. The van der Waals surface area contributed by atoms with Crippen molar-refractivity contribution in [2.75, 3.05) is 0 Å². The Bertz CT molecular complexity index is 611. The van der Waals surface area contributed by atoms with Gasteiger partial charge in [0.1, 0.15) is 5.82 Å². The first-order chi connectivity index (χ1) is 7.00. The summed E-state index contributed by atoms with van der Waals surface area (Å²) in [5, 5.41) is 0.990. The average molecular weight is 399 g/mol. The number of aromatic nitrogens is 2. The fourth-order valence-corrected chi connectivity index (χ4v) is 2.58. The predicted molar refractivity (Wildman–Crippen MR) is 72.5 cm³/mol. The van der Waals surface area contributed by atoms with E-state index in [0.717, 1.165) is 8.04 Å². The van der Waals surface area contributed by atoms with E-state index in [-0.39, 0.29) is 5.56 Å². The van der Waals surface area contributed by atoms with E-state index in [1.807, 2.05) is 0 Å². The fourth-order valence-electron chi connectivity index (χ4n) is 1.30. The van der Waals surface area contributed by atoms with E-state index in [9.17, 15) is 4.79 Å². The minimum absolute atomic E-state index is 0.162. The zero-order valence-corrected chi connectivity index (χ0v) is 12.1. The van der Waals surface area contributed by atoms with Crippen LogP contribution in [0.3, 0.4) is 0 Å². The number of halogens is 3. The number of rotatable bonds is 0. The second kappa shape index (κ2) is 4.03. The summed E-state index contributed by atoms with van der Waals surface area (Å²) in [6.45, 7) is 1.73. The van der Waals surface area contributed by atoms with E-state index < -0.39 is 0 Å². The number of benzene rings is 1. The minimum Gasteiger partial charge on any atom is -0.310 e. The van der Waals surface area contributed by atoms with Crippen molar-refractivity contribution in [2.45, 2.75) is 6.92 Å². The molecule has 2 rings (SSSR count). The second-order valence-corrected chi connectivity index (χ2v) is 5.37. The van der Waals surface area contributed by atoms with Crippen LogP contribution < -0.4 is 5.56 Å². The molecule has 0 atom stereocenters. The number of aryl methyl sites for hydroxylation is 1. The maximum atomic E-state index is 11.6. The molecule has 1 aromatic carbocycles. The molecular weight excluding hydrogens is 394 g/mol. The molecule has 0 aliphatic carbocycles. The Balaban J connectivity index is 3.05. The molecule has 0 fully saturated rings. The molecule has 0 unspecified atom stereocenters. The highest BCUT2D eigenvalue weighted by atomic mass is 127. The summed E-state index contributed by atoms with van der Waals surface area (Å²) in [4.78, 5) is 18.5. The summed E-state index contributed by atoms with van der Waals surface area (Å²) >= 11 is 11.6. The number of fused-ring (bicyclic) bond motifs is 1. The number of hydrogen-bond donors (Lipinski definition) is 1. The van der Waals surface area contributed by atoms with Gasteiger partial charge < -0.3 is 4.98 Å². The van der Waals surface area contributed by atoms with Gasteiger partial charge in [0.25, 0.3) is 5.56 Å². The minimum atomic E-state index is -0.162. The Kier molecular flexibility index (Phi) is 3.05. The smallest absolute Gasteiger partial charge is 0.258 e. The number of nitrogens with one attached hydrogen (secondary N) is 1. The average Bonchev–Trinajstić information content (AvgIpc) is 2.17. The van der Waals surface area contributed by atoms with E-state index >= 15 is 0 Å². The molecule has 15 heavy (non-hydrogen) atoms. The van der Waals surface area contributed by atoms with Crippen LogP contribution in [-0.4, -0.2) is 9.97 Å². The highest BCUT2D eigenvalue weighted by Gasteiger charge is 2.11. The van der Waals surface area contributed by atoms with Crippen LogP contribution in [0.4, 0.5) is 0 Å². The van der Waals surface area contributed by atoms with Crippen LogP contribution in [0.1, 0.15) is 5.82 Å². The van der Waals surface area contributed by atoms with Crippen molar-refractivity contribution in [1.82, 2.24) is 9.97 Å². The Labute approximate surface area is 113 Å². The van der Waals surface area contributed by atoms with Crippen LogP contribution in [0.5, 0.6) is 0 Å². The summed E-state index contributed by atoms with van der Waals surface area (Å²) in [6, 6.07) is 1.76. The first-order valence-corrected chi connectivity index (χ1v) is 6.30. The number of aromatic amines is 1. The van der Waals surface area contributed by atoms with Crippen LogP contribution >= 0.6 is 50.1 Å². The van der Waals surface area contributed by atoms with Gasteiger partial charge in [-0.05, 0) is 51.5 Å². The summed E-state index contributed by atoms with van der Waals surface area (Å²) in [7, 11) is 0. The lowest BCUT2D eigenvalue weighted by Crippen LogP contribution is -2.10.